The van der Waals surface area contributed by atoms with Crippen molar-refractivity contribution in [3.8, 4) is 0 Å². The first-order chi connectivity index (χ1) is 5.10. The Balaban J connectivity index is 4.74. The number of hydrogen-bond acceptors (Lipinski definition) is 1. The Bertz CT molecular complexity index is 185. The Hall–Kier alpha value is -0.250. The minimum absolute atomic E-state index is 1.05. The molecule has 0 fully saturated rings. The molecule has 0 amide bonds. The highest BCUT2D eigenvalue weighted by Crippen LogP contribution is 2.54. The predicted octanol–water partition coefficient (Wildman–Crippen LogP) is 3.38. The van der Waals surface area contributed by atoms with Gasteiger partial charge in [-0.3, -0.25) is 0 Å². The molecule has 7 heteroatoms. The van der Waals surface area contributed by atoms with E-state index in [1.807, 2.05) is 0 Å². The summed E-state index contributed by atoms with van der Waals surface area (Å²) in [5, 5.41) is 0. The first-order valence-electron chi connectivity index (χ1n) is 3.01. The van der Waals surface area contributed by atoms with Gasteiger partial charge in [0.05, 0.1) is 0 Å². The van der Waals surface area contributed by atoms with E-state index in [9.17, 15) is 26.5 Å². The van der Waals surface area contributed by atoms with E-state index in [1.54, 1.807) is 0 Å². The fourth-order valence-corrected chi connectivity index (χ4v) is 1.35. The molecule has 0 saturated carbocycles. The van der Waals surface area contributed by atoms with Crippen LogP contribution in [0.15, 0.2) is 0 Å². The third-order valence-corrected chi connectivity index (χ3v) is 2.83. The summed E-state index contributed by atoms with van der Waals surface area (Å²) in [4.78, 5) is 0. The van der Waals surface area contributed by atoms with E-state index in [-0.39, 0.29) is 0 Å². The molecule has 72 valence electrons. The van der Waals surface area contributed by atoms with Crippen LogP contribution in [-0.4, -0.2) is 17.5 Å². The number of hydrogen-bond donors (Lipinski definition) is 0. The minimum Gasteiger partial charge on any atom is -0.161 e. The molecule has 0 aliphatic heterocycles. The largest absolute Gasteiger partial charge is 0.539 e. The van der Waals surface area contributed by atoms with Crippen molar-refractivity contribution in [2.75, 3.05) is 0 Å². The number of alkyl halides is 5. The zero-order chi connectivity index (χ0) is 10.2. The molecule has 0 heterocycles. The van der Waals surface area contributed by atoms with Gasteiger partial charge >= 0.3 is 19.6 Å². The van der Waals surface area contributed by atoms with Crippen molar-refractivity contribution in [3.05, 3.63) is 0 Å². The lowest BCUT2D eigenvalue weighted by molar-refractivity contribution is -0.241. The van der Waals surface area contributed by atoms with Gasteiger partial charge < -0.3 is 0 Å². The maximum Gasteiger partial charge on any atom is 0.539 e. The third kappa shape index (κ3) is 2.12. The Morgan fingerprint density at radius 1 is 1.08 bits per heavy atom. The summed E-state index contributed by atoms with van der Waals surface area (Å²) in [7, 11) is -3.58. The van der Waals surface area contributed by atoms with Crippen molar-refractivity contribution >= 4 is 7.80 Å². The third-order valence-electron chi connectivity index (χ3n) is 1.09. The lowest BCUT2D eigenvalue weighted by Gasteiger charge is -2.10. The number of halogens is 5. The summed E-state index contributed by atoms with van der Waals surface area (Å²) >= 11 is 0. The monoisotopic (exact) mass is 209 g/mol. The molecule has 0 aromatic rings. The maximum absolute atomic E-state index is 12.2. The first kappa shape index (κ1) is 11.8. The highest BCUT2D eigenvalue weighted by atomic mass is 31.1. The SMILES string of the molecule is CC(C)[P+](=O)C(F)(F)C(F)(F)F. The van der Waals surface area contributed by atoms with Gasteiger partial charge in [-0.25, -0.2) is 0 Å². The molecule has 0 rings (SSSR count). The van der Waals surface area contributed by atoms with Gasteiger partial charge in [0, 0.05) is 0 Å². The predicted molar refractivity (Wildman–Crippen MR) is 33.7 cm³/mol. The molecule has 12 heavy (non-hydrogen) atoms. The molecule has 1 atom stereocenters. The second-order valence-electron chi connectivity index (χ2n) is 2.46. The van der Waals surface area contributed by atoms with Crippen molar-refractivity contribution in [1.82, 2.24) is 0 Å². The quantitative estimate of drug-likeness (QED) is 0.503. The average molecular weight is 209 g/mol. The zero-order valence-corrected chi connectivity index (χ0v) is 7.22. The van der Waals surface area contributed by atoms with E-state index in [0.717, 1.165) is 13.8 Å². The second-order valence-corrected chi connectivity index (χ2v) is 4.70. The van der Waals surface area contributed by atoms with Gasteiger partial charge in [0.1, 0.15) is 0 Å². The van der Waals surface area contributed by atoms with Crippen LogP contribution in [-0.2, 0) is 4.57 Å². The smallest absolute Gasteiger partial charge is 0.161 e. The standard InChI is InChI=1S/C5H7F5OP/c1-3(2)12(11)5(9,10)4(6,7)8/h3H,1-2H3/q+1. The molecule has 0 N–H and O–H groups in total. The van der Waals surface area contributed by atoms with E-state index in [0.29, 0.717) is 0 Å². The van der Waals surface area contributed by atoms with Crippen molar-refractivity contribution in [1.29, 1.82) is 0 Å². The van der Waals surface area contributed by atoms with E-state index in [4.69, 9.17) is 0 Å². The van der Waals surface area contributed by atoms with Crippen LogP contribution in [0, 0.1) is 0 Å². The number of rotatable bonds is 2. The summed E-state index contributed by atoms with van der Waals surface area (Å²) in [6.07, 6.45) is -5.72. The van der Waals surface area contributed by atoms with Gasteiger partial charge in [0.15, 0.2) is 5.66 Å². The van der Waals surface area contributed by atoms with E-state index in [1.165, 1.54) is 0 Å². The van der Waals surface area contributed by atoms with Crippen LogP contribution in [0.2, 0.25) is 0 Å². The normalized spacial score (nSPS) is 15.2. The molecular formula is C5H7F5OP+. The van der Waals surface area contributed by atoms with E-state index in [2.05, 4.69) is 0 Å². The molecule has 1 nitrogen and oxygen atoms in total. The van der Waals surface area contributed by atoms with Gasteiger partial charge in [0.25, 0.3) is 0 Å². The van der Waals surface area contributed by atoms with Gasteiger partial charge in [-0.15, -0.1) is 8.78 Å². The summed E-state index contributed by atoms with van der Waals surface area (Å²) in [5.41, 5.74) is -6.26. The minimum atomic E-state index is -5.72. The lowest BCUT2D eigenvalue weighted by atomic mass is 10.6. The molecule has 0 saturated heterocycles. The van der Waals surface area contributed by atoms with Crippen LogP contribution < -0.4 is 0 Å². The van der Waals surface area contributed by atoms with Gasteiger partial charge in [-0.05, 0) is 13.8 Å². The molecule has 0 aromatic carbocycles. The van der Waals surface area contributed by atoms with Crippen molar-refractivity contribution in [2.45, 2.75) is 31.3 Å². The topological polar surface area (TPSA) is 17.1 Å². The van der Waals surface area contributed by atoms with Gasteiger partial charge in [-0.1, -0.05) is 4.57 Å². The molecule has 0 aliphatic rings. The van der Waals surface area contributed by atoms with Crippen molar-refractivity contribution in [3.63, 3.8) is 0 Å². The molecule has 0 bridgehead atoms. The molecule has 0 radical (unpaired) electrons. The van der Waals surface area contributed by atoms with Gasteiger partial charge in [0.2, 0.25) is 0 Å². The molecule has 0 aliphatic carbocycles. The van der Waals surface area contributed by atoms with Crippen LogP contribution in [0.4, 0.5) is 22.0 Å². The van der Waals surface area contributed by atoms with Crippen LogP contribution in [0.1, 0.15) is 13.8 Å². The maximum atomic E-state index is 12.2. The van der Waals surface area contributed by atoms with E-state index < -0.39 is 25.3 Å². The van der Waals surface area contributed by atoms with E-state index >= 15 is 0 Å². The Morgan fingerprint density at radius 3 is 1.50 bits per heavy atom. The average Bonchev–Trinajstić information content (AvgIpc) is 1.83. The fraction of sp³-hybridized carbons (Fsp3) is 1.00. The second kappa shape index (κ2) is 3.24. The Kier molecular flexibility index (Phi) is 3.18. The van der Waals surface area contributed by atoms with Crippen LogP contribution in [0.25, 0.3) is 0 Å². The fourth-order valence-electron chi connectivity index (χ4n) is 0.449. The summed E-state index contributed by atoms with van der Waals surface area (Å²) in [6, 6.07) is 0. The Morgan fingerprint density at radius 2 is 1.42 bits per heavy atom. The molecule has 0 aromatic heterocycles. The summed E-state index contributed by atoms with van der Waals surface area (Å²) in [6.45, 7) is 2.11. The zero-order valence-electron chi connectivity index (χ0n) is 6.32. The first-order valence-corrected chi connectivity index (χ1v) is 4.34. The summed E-state index contributed by atoms with van der Waals surface area (Å²) < 4.78 is 69.4. The Labute approximate surface area is 66.7 Å². The summed E-state index contributed by atoms with van der Waals surface area (Å²) in [5.74, 6) is 0. The molecular weight excluding hydrogens is 202 g/mol. The van der Waals surface area contributed by atoms with Crippen LogP contribution in [0.5, 0.6) is 0 Å². The highest BCUT2D eigenvalue weighted by molar-refractivity contribution is 7.46. The van der Waals surface area contributed by atoms with Crippen LogP contribution >= 0.6 is 7.80 Å². The van der Waals surface area contributed by atoms with Crippen molar-refractivity contribution < 1.29 is 26.5 Å². The molecule has 1 unspecified atom stereocenters. The van der Waals surface area contributed by atoms with Crippen molar-refractivity contribution in [2.24, 2.45) is 0 Å². The highest BCUT2D eigenvalue weighted by Gasteiger charge is 2.73. The lowest BCUT2D eigenvalue weighted by Crippen LogP contribution is -2.34. The molecule has 0 spiro atoms. The van der Waals surface area contributed by atoms with Crippen LogP contribution in [0.3, 0.4) is 0 Å². The van der Waals surface area contributed by atoms with Gasteiger partial charge in [-0.2, -0.15) is 13.2 Å².